The van der Waals surface area contributed by atoms with E-state index in [-0.39, 0.29) is 38.1 Å². The first-order valence-electron chi connectivity index (χ1n) is 6.17. The summed E-state index contributed by atoms with van der Waals surface area (Å²) in [6.45, 7) is 7.09. The number of amides is 1. The third-order valence-corrected chi connectivity index (χ3v) is 2.28. The highest BCUT2D eigenvalue weighted by atomic mass is 16.5. The third-order valence-electron chi connectivity index (χ3n) is 2.28. The second kappa shape index (κ2) is 7.98. The first-order valence-corrected chi connectivity index (χ1v) is 6.17. The largest absolute Gasteiger partial charge is 0.465 e. The van der Waals surface area contributed by atoms with E-state index in [1.807, 2.05) is 0 Å². The van der Waals surface area contributed by atoms with Crippen molar-refractivity contribution in [2.24, 2.45) is 0 Å². The van der Waals surface area contributed by atoms with Crippen molar-refractivity contribution in [2.45, 2.75) is 13.8 Å². The monoisotopic (exact) mass is 282 g/mol. The molecule has 1 amide bonds. The second-order valence-electron chi connectivity index (χ2n) is 3.93. The van der Waals surface area contributed by atoms with Gasteiger partial charge in [0.2, 0.25) is 0 Å². The molecule has 0 radical (unpaired) electrons. The molecule has 20 heavy (non-hydrogen) atoms. The zero-order valence-electron chi connectivity index (χ0n) is 11.6. The van der Waals surface area contributed by atoms with Gasteiger partial charge in [0.15, 0.2) is 6.61 Å². The summed E-state index contributed by atoms with van der Waals surface area (Å²) < 4.78 is 14.8. The van der Waals surface area contributed by atoms with Gasteiger partial charge in [-0.15, -0.1) is 6.58 Å². The van der Waals surface area contributed by atoms with Crippen LogP contribution in [0.25, 0.3) is 0 Å². The van der Waals surface area contributed by atoms with E-state index >= 15 is 0 Å². The van der Waals surface area contributed by atoms with Crippen molar-refractivity contribution >= 4 is 11.9 Å². The average Bonchev–Trinajstić information content (AvgIpc) is 2.81. The minimum absolute atomic E-state index is 0.139. The van der Waals surface area contributed by atoms with Crippen LogP contribution in [-0.4, -0.2) is 48.2 Å². The highest BCUT2D eigenvalue weighted by Crippen LogP contribution is 2.09. The Morgan fingerprint density at radius 3 is 2.85 bits per heavy atom. The van der Waals surface area contributed by atoms with E-state index in [0.29, 0.717) is 5.76 Å². The van der Waals surface area contributed by atoms with Gasteiger partial charge in [-0.1, -0.05) is 6.08 Å². The predicted molar refractivity (Wildman–Crippen MR) is 70.1 cm³/mol. The Kier molecular flexibility index (Phi) is 6.28. The molecule has 0 aromatic carbocycles. The second-order valence-corrected chi connectivity index (χ2v) is 3.93. The number of aryl methyl sites for hydroxylation is 1. The first kappa shape index (κ1) is 15.7. The smallest absolute Gasteiger partial charge is 0.325 e. The van der Waals surface area contributed by atoms with Gasteiger partial charge in [-0.25, -0.2) is 0 Å². The van der Waals surface area contributed by atoms with Gasteiger partial charge in [-0.3, -0.25) is 9.59 Å². The van der Waals surface area contributed by atoms with Gasteiger partial charge in [-0.05, 0) is 19.0 Å². The van der Waals surface area contributed by atoms with Crippen LogP contribution in [0.2, 0.25) is 0 Å². The number of ether oxygens (including phenoxy) is 2. The highest BCUT2D eigenvalue weighted by Gasteiger charge is 2.17. The topological polar surface area (TPSA) is 81.9 Å². The standard InChI is InChI=1S/C13H18N2O5/c1-4-6-15(8-13(17)18-5-2)12(16)9-19-11-7-10(3)20-14-11/h4,7H,1,5-6,8-9H2,2-3H3. The van der Waals surface area contributed by atoms with E-state index in [1.54, 1.807) is 19.9 Å². The summed E-state index contributed by atoms with van der Waals surface area (Å²) in [5.41, 5.74) is 0. The zero-order valence-corrected chi connectivity index (χ0v) is 11.6. The van der Waals surface area contributed by atoms with Gasteiger partial charge < -0.3 is 18.9 Å². The maximum Gasteiger partial charge on any atom is 0.325 e. The van der Waals surface area contributed by atoms with Crippen LogP contribution in [0, 0.1) is 6.92 Å². The maximum absolute atomic E-state index is 11.9. The summed E-state index contributed by atoms with van der Waals surface area (Å²) in [5.74, 6) is -0.0222. The Bertz CT molecular complexity index is 469. The fourth-order valence-corrected chi connectivity index (χ4v) is 1.41. The van der Waals surface area contributed by atoms with E-state index in [9.17, 15) is 9.59 Å². The fourth-order valence-electron chi connectivity index (χ4n) is 1.41. The lowest BCUT2D eigenvalue weighted by molar-refractivity contribution is -0.149. The van der Waals surface area contributed by atoms with Crippen LogP contribution >= 0.6 is 0 Å². The van der Waals surface area contributed by atoms with E-state index in [2.05, 4.69) is 11.7 Å². The minimum Gasteiger partial charge on any atom is -0.465 e. The van der Waals surface area contributed by atoms with Gasteiger partial charge in [0.25, 0.3) is 11.8 Å². The molecule has 7 nitrogen and oxygen atoms in total. The molecule has 0 atom stereocenters. The number of rotatable bonds is 8. The summed E-state index contributed by atoms with van der Waals surface area (Å²) in [7, 11) is 0. The van der Waals surface area contributed by atoms with Crippen LogP contribution < -0.4 is 4.74 Å². The summed E-state index contributed by atoms with van der Waals surface area (Å²) in [5, 5.41) is 3.60. The normalized spacial score (nSPS) is 9.90. The molecule has 110 valence electrons. The number of hydrogen-bond acceptors (Lipinski definition) is 6. The van der Waals surface area contributed by atoms with Crippen molar-refractivity contribution in [3.8, 4) is 5.88 Å². The molecule has 7 heteroatoms. The molecule has 0 aliphatic heterocycles. The Labute approximate surface area is 117 Å². The number of carbonyl (C=O) groups excluding carboxylic acids is 2. The lowest BCUT2D eigenvalue weighted by Gasteiger charge is -2.19. The van der Waals surface area contributed by atoms with E-state index < -0.39 is 5.97 Å². The molecular formula is C13H18N2O5. The first-order chi connectivity index (χ1) is 9.56. The molecule has 0 spiro atoms. The summed E-state index contributed by atoms with van der Waals surface area (Å²) in [4.78, 5) is 24.6. The number of esters is 1. The highest BCUT2D eigenvalue weighted by molar-refractivity contribution is 5.83. The molecule has 0 bridgehead atoms. The number of hydrogen-bond donors (Lipinski definition) is 0. The molecule has 0 saturated heterocycles. The van der Waals surface area contributed by atoms with E-state index in [4.69, 9.17) is 14.0 Å². The molecule has 1 heterocycles. The molecular weight excluding hydrogens is 264 g/mol. The Morgan fingerprint density at radius 2 is 2.30 bits per heavy atom. The number of aromatic nitrogens is 1. The summed E-state index contributed by atoms with van der Waals surface area (Å²) in [6.07, 6.45) is 1.53. The van der Waals surface area contributed by atoms with Crippen molar-refractivity contribution in [2.75, 3.05) is 26.3 Å². The van der Waals surface area contributed by atoms with Gasteiger partial charge in [0.05, 0.1) is 6.61 Å². The fraction of sp³-hybridized carbons (Fsp3) is 0.462. The number of nitrogens with zero attached hydrogens (tertiary/aromatic N) is 2. The lowest BCUT2D eigenvalue weighted by atomic mass is 10.4. The van der Waals surface area contributed by atoms with Crippen molar-refractivity contribution in [3.05, 3.63) is 24.5 Å². The van der Waals surface area contributed by atoms with Crippen LogP contribution in [0.15, 0.2) is 23.2 Å². The van der Waals surface area contributed by atoms with Gasteiger partial charge in [0, 0.05) is 12.6 Å². The van der Waals surface area contributed by atoms with E-state index in [1.165, 1.54) is 11.0 Å². The molecule has 0 fully saturated rings. The minimum atomic E-state index is -0.472. The SMILES string of the molecule is C=CCN(CC(=O)OCC)C(=O)COc1cc(C)on1. The van der Waals surface area contributed by atoms with Crippen molar-refractivity contribution in [1.82, 2.24) is 10.1 Å². The molecule has 1 aromatic rings. The lowest BCUT2D eigenvalue weighted by Crippen LogP contribution is -2.39. The molecule has 1 rings (SSSR count). The molecule has 0 aliphatic carbocycles. The van der Waals surface area contributed by atoms with Crippen molar-refractivity contribution < 1.29 is 23.6 Å². The maximum atomic E-state index is 11.9. The van der Waals surface area contributed by atoms with Crippen molar-refractivity contribution in [3.63, 3.8) is 0 Å². The Balaban J connectivity index is 2.50. The summed E-state index contributed by atoms with van der Waals surface area (Å²) >= 11 is 0. The Morgan fingerprint density at radius 1 is 1.55 bits per heavy atom. The third kappa shape index (κ3) is 5.13. The van der Waals surface area contributed by atoms with Crippen molar-refractivity contribution in [1.29, 1.82) is 0 Å². The van der Waals surface area contributed by atoms with Gasteiger partial charge in [-0.2, -0.15) is 0 Å². The van der Waals surface area contributed by atoms with Crippen LogP contribution in [0.3, 0.4) is 0 Å². The quantitative estimate of drug-likeness (QED) is 0.521. The predicted octanol–water partition coefficient (Wildman–Crippen LogP) is 0.940. The molecule has 1 aromatic heterocycles. The van der Waals surface area contributed by atoms with Crippen LogP contribution in [0.5, 0.6) is 5.88 Å². The van der Waals surface area contributed by atoms with Crippen LogP contribution in [-0.2, 0) is 14.3 Å². The molecule has 0 N–H and O–H groups in total. The van der Waals surface area contributed by atoms with Gasteiger partial charge in [0.1, 0.15) is 12.3 Å². The Hall–Kier alpha value is -2.31. The summed E-state index contributed by atoms with van der Waals surface area (Å²) in [6, 6.07) is 1.57. The molecule has 0 aliphatic rings. The van der Waals surface area contributed by atoms with Gasteiger partial charge >= 0.3 is 5.97 Å². The van der Waals surface area contributed by atoms with E-state index in [0.717, 1.165) is 0 Å². The average molecular weight is 282 g/mol. The molecule has 0 saturated carbocycles. The van der Waals surface area contributed by atoms with Crippen LogP contribution in [0.4, 0.5) is 0 Å². The zero-order chi connectivity index (χ0) is 15.0. The van der Waals surface area contributed by atoms with Crippen LogP contribution in [0.1, 0.15) is 12.7 Å². The molecule has 0 unspecified atom stereocenters. The number of carbonyl (C=O) groups is 2.